The molecule has 2 aromatic heterocycles. The third-order valence-electron chi connectivity index (χ3n) is 4.98. The first-order chi connectivity index (χ1) is 14.5. The van der Waals surface area contributed by atoms with Crippen LogP contribution >= 0.6 is 0 Å². The van der Waals surface area contributed by atoms with Crippen molar-refractivity contribution < 1.29 is 31.1 Å². The molecule has 1 amide bonds. The molecule has 0 spiro atoms. The van der Waals surface area contributed by atoms with E-state index in [0.717, 1.165) is 24.4 Å². The summed E-state index contributed by atoms with van der Waals surface area (Å²) in [5, 5.41) is 4.15. The van der Waals surface area contributed by atoms with Gasteiger partial charge in [-0.15, -0.1) is 0 Å². The monoisotopic (exact) mass is 440 g/mol. The lowest BCUT2D eigenvalue weighted by Gasteiger charge is -2.32. The van der Waals surface area contributed by atoms with Crippen LogP contribution in [0.4, 0.5) is 32.0 Å². The van der Waals surface area contributed by atoms with Gasteiger partial charge in [0.1, 0.15) is 11.4 Å². The maximum Gasteiger partial charge on any atom is 0.433 e. The number of rotatable bonds is 2. The number of hydrogen-bond acceptors (Lipinski definition) is 3. The van der Waals surface area contributed by atoms with Crippen molar-refractivity contribution >= 4 is 11.6 Å². The summed E-state index contributed by atoms with van der Waals surface area (Å²) in [6.45, 7) is 1.89. The summed E-state index contributed by atoms with van der Waals surface area (Å²) in [7, 11) is 0. The first-order valence-corrected chi connectivity index (χ1v) is 9.07. The van der Waals surface area contributed by atoms with Crippen LogP contribution in [0.15, 0.2) is 48.8 Å². The molecule has 0 saturated carbocycles. The van der Waals surface area contributed by atoms with Gasteiger partial charge < -0.3 is 4.90 Å². The maximum absolute atomic E-state index is 13.2. The third-order valence-corrected chi connectivity index (χ3v) is 4.98. The van der Waals surface area contributed by atoms with E-state index >= 15 is 0 Å². The molecule has 1 aromatic carbocycles. The second kappa shape index (κ2) is 7.10. The molecular weight excluding hydrogens is 426 g/mol. The van der Waals surface area contributed by atoms with E-state index in [1.165, 1.54) is 34.0 Å². The standard InChI is InChI=1S/C20H14F6N4O/c1-11-10-29(14-4-2-13(3-5-14)19(21,22)23)18(31)17-15(9-28-30(11)17)12-6-7-27-16(8-12)20(24,25)26/h2-9,11H,10H2,1H3/t11-/m0/s1. The Labute approximate surface area is 171 Å². The number of pyridine rings is 1. The van der Waals surface area contributed by atoms with Crippen LogP contribution in [-0.4, -0.2) is 27.2 Å². The number of carbonyl (C=O) groups is 1. The third kappa shape index (κ3) is 3.75. The van der Waals surface area contributed by atoms with Gasteiger partial charge in [0.25, 0.3) is 5.91 Å². The zero-order chi connectivity index (χ0) is 22.6. The van der Waals surface area contributed by atoms with Crippen molar-refractivity contribution in [2.24, 2.45) is 0 Å². The Hall–Kier alpha value is -3.37. The number of benzene rings is 1. The lowest BCUT2D eigenvalue weighted by molar-refractivity contribution is -0.141. The molecule has 3 aromatic rings. The van der Waals surface area contributed by atoms with Crippen molar-refractivity contribution in [1.29, 1.82) is 0 Å². The average molecular weight is 440 g/mol. The van der Waals surface area contributed by atoms with Crippen molar-refractivity contribution in [2.75, 3.05) is 11.4 Å². The summed E-state index contributed by atoms with van der Waals surface area (Å²) in [4.78, 5) is 17.8. The summed E-state index contributed by atoms with van der Waals surface area (Å²) in [5.41, 5.74) is -1.37. The van der Waals surface area contributed by atoms with Crippen LogP contribution in [0.1, 0.15) is 34.7 Å². The fourth-order valence-corrected chi connectivity index (χ4v) is 3.48. The predicted octanol–water partition coefficient (Wildman–Crippen LogP) is 5.20. The number of amides is 1. The number of alkyl halides is 6. The normalized spacial score (nSPS) is 17.1. The fourth-order valence-electron chi connectivity index (χ4n) is 3.48. The van der Waals surface area contributed by atoms with Gasteiger partial charge >= 0.3 is 12.4 Å². The van der Waals surface area contributed by atoms with E-state index in [9.17, 15) is 31.1 Å². The molecule has 5 nitrogen and oxygen atoms in total. The number of halogens is 6. The fraction of sp³-hybridized carbons (Fsp3) is 0.250. The van der Waals surface area contributed by atoms with E-state index in [0.29, 0.717) is 0 Å². The summed E-state index contributed by atoms with van der Waals surface area (Å²) in [6, 6.07) is 5.93. The van der Waals surface area contributed by atoms with E-state index < -0.39 is 29.5 Å². The SMILES string of the molecule is C[C@H]1CN(c2ccc(C(F)(F)F)cc2)C(=O)c2c(-c3ccnc(C(F)(F)F)c3)cnn21. The predicted molar refractivity (Wildman–Crippen MR) is 98.3 cm³/mol. The second-order valence-electron chi connectivity index (χ2n) is 7.09. The van der Waals surface area contributed by atoms with Gasteiger partial charge in [-0.05, 0) is 48.9 Å². The minimum Gasteiger partial charge on any atom is -0.305 e. The largest absolute Gasteiger partial charge is 0.433 e. The molecule has 31 heavy (non-hydrogen) atoms. The number of carbonyl (C=O) groups excluding carboxylic acids is 1. The molecular formula is C20H14F6N4O. The van der Waals surface area contributed by atoms with E-state index in [1.54, 1.807) is 6.92 Å². The molecule has 0 bridgehead atoms. The average Bonchev–Trinajstić information content (AvgIpc) is 3.16. The number of hydrogen-bond donors (Lipinski definition) is 0. The van der Waals surface area contributed by atoms with Crippen LogP contribution in [0, 0.1) is 0 Å². The molecule has 1 aliphatic heterocycles. The Morgan fingerprint density at radius 1 is 1.00 bits per heavy atom. The summed E-state index contributed by atoms with van der Waals surface area (Å²) >= 11 is 0. The minimum absolute atomic E-state index is 0.0537. The van der Waals surface area contributed by atoms with Crippen molar-refractivity contribution in [1.82, 2.24) is 14.8 Å². The summed E-state index contributed by atoms with van der Waals surface area (Å²) in [5.74, 6) is -0.573. The molecule has 162 valence electrons. The van der Waals surface area contributed by atoms with Gasteiger partial charge in [0.15, 0.2) is 0 Å². The molecule has 0 unspecified atom stereocenters. The molecule has 0 aliphatic carbocycles. The highest BCUT2D eigenvalue weighted by molar-refractivity contribution is 6.09. The van der Waals surface area contributed by atoms with Crippen molar-refractivity contribution in [3.05, 3.63) is 65.7 Å². The second-order valence-corrected chi connectivity index (χ2v) is 7.09. The molecule has 0 fully saturated rings. The number of aromatic nitrogens is 3. The zero-order valence-corrected chi connectivity index (χ0v) is 15.9. The summed E-state index contributed by atoms with van der Waals surface area (Å²) in [6.07, 6.45) is -6.88. The lowest BCUT2D eigenvalue weighted by Crippen LogP contribution is -2.42. The van der Waals surface area contributed by atoms with E-state index in [4.69, 9.17) is 0 Å². The Bertz CT molecular complexity index is 1130. The maximum atomic E-state index is 13.2. The summed E-state index contributed by atoms with van der Waals surface area (Å²) < 4.78 is 79.1. The van der Waals surface area contributed by atoms with Crippen molar-refractivity contribution in [3.63, 3.8) is 0 Å². The van der Waals surface area contributed by atoms with E-state index in [2.05, 4.69) is 10.1 Å². The van der Waals surface area contributed by atoms with Gasteiger partial charge in [-0.1, -0.05) is 0 Å². The van der Waals surface area contributed by atoms with Gasteiger partial charge in [0.2, 0.25) is 0 Å². The van der Waals surface area contributed by atoms with Crippen molar-refractivity contribution in [3.8, 4) is 11.1 Å². The van der Waals surface area contributed by atoms with Crippen LogP contribution in [0.2, 0.25) is 0 Å². The van der Waals surface area contributed by atoms with Crippen molar-refractivity contribution in [2.45, 2.75) is 25.3 Å². The number of fused-ring (bicyclic) bond motifs is 1. The smallest absolute Gasteiger partial charge is 0.305 e. The van der Waals surface area contributed by atoms with Gasteiger partial charge in [-0.25, -0.2) is 0 Å². The molecule has 11 heteroatoms. The lowest BCUT2D eigenvalue weighted by atomic mass is 10.0. The number of nitrogens with zero attached hydrogens (tertiary/aromatic N) is 4. The molecule has 0 N–H and O–H groups in total. The Balaban J connectivity index is 1.75. The van der Waals surface area contributed by atoms with Gasteiger partial charge in [-0.2, -0.15) is 31.4 Å². The highest BCUT2D eigenvalue weighted by Crippen LogP contribution is 2.36. The highest BCUT2D eigenvalue weighted by Gasteiger charge is 2.36. The first-order valence-electron chi connectivity index (χ1n) is 9.07. The van der Waals surface area contributed by atoms with Crippen LogP contribution in [0.3, 0.4) is 0 Å². The topological polar surface area (TPSA) is 51.0 Å². The van der Waals surface area contributed by atoms with Gasteiger partial charge in [-0.3, -0.25) is 14.5 Å². The van der Waals surface area contributed by atoms with Gasteiger partial charge in [0, 0.05) is 24.0 Å². The Morgan fingerprint density at radius 2 is 1.68 bits per heavy atom. The van der Waals surface area contributed by atoms with Gasteiger partial charge in [0.05, 0.1) is 17.8 Å². The van der Waals surface area contributed by atoms with Crippen LogP contribution in [0.5, 0.6) is 0 Å². The van der Waals surface area contributed by atoms with E-state index in [-0.39, 0.29) is 35.1 Å². The molecule has 3 heterocycles. The Kier molecular flexibility index (Phi) is 4.78. The van der Waals surface area contributed by atoms with Crippen LogP contribution in [-0.2, 0) is 12.4 Å². The molecule has 1 aliphatic rings. The number of anilines is 1. The van der Waals surface area contributed by atoms with Crippen LogP contribution in [0.25, 0.3) is 11.1 Å². The zero-order valence-electron chi connectivity index (χ0n) is 15.9. The van der Waals surface area contributed by atoms with Crippen LogP contribution < -0.4 is 4.90 Å². The molecule has 1 atom stereocenters. The molecule has 4 rings (SSSR count). The van der Waals surface area contributed by atoms with E-state index in [1.807, 2.05) is 0 Å². The minimum atomic E-state index is -4.66. The molecule has 0 saturated heterocycles. The Morgan fingerprint density at radius 3 is 2.29 bits per heavy atom. The quantitative estimate of drug-likeness (QED) is 0.515. The molecule has 0 radical (unpaired) electrons. The highest BCUT2D eigenvalue weighted by atomic mass is 19.4. The first kappa shape index (κ1) is 20.9.